The van der Waals surface area contributed by atoms with E-state index in [-0.39, 0.29) is 0 Å². The van der Waals surface area contributed by atoms with E-state index >= 15 is 0 Å². The Morgan fingerprint density at radius 3 is 2.62 bits per heavy atom. The summed E-state index contributed by atoms with van der Waals surface area (Å²) in [5.74, 6) is 0.427. The summed E-state index contributed by atoms with van der Waals surface area (Å²) >= 11 is 0. The van der Waals surface area contributed by atoms with Gasteiger partial charge in [0.25, 0.3) is 0 Å². The minimum absolute atomic E-state index is 0.305. The highest BCUT2D eigenvalue weighted by molar-refractivity contribution is 7.89. The van der Waals surface area contributed by atoms with Crippen LogP contribution in [0.25, 0.3) is 10.9 Å². The molecule has 0 aliphatic rings. The smallest absolute Gasteiger partial charge is 0.243 e. The number of nitrogens with zero attached hydrogens (tertiary/aromatic N) is 2. The lowest BCUT2D eigenvalue weighted by atomic mass is 10.2. The number of hydrogen-bond donors (Lipinski definition) is 1. The van der Waals surface area contributed by atoms with Gasteiger partial charge in [0.15, 0.2) is 0 Å². The summed E-state index contributed by atoms with van der Waals surface area (Å²) in [6, 6.07) is 8.42. The molecule has 0 saturated heterocycles. The summed E-state index contributed by atoms with van der Waals surface area (Å²) in [7, 11) is -3.45. The Labute approximate surface area is 125 Å². The van der Waals surface area contributed by atoms with Gasteiger partial charge in [-0.2, -0.15) is 4.31 Å². The predicted molar refractivity (Wildman–Crippen MR) is 85.5 cm³/mol. The minimum Gasteiger partial charge on any atom is -0.384 e. The van der Waals surface area contributed by atoms with Gasteiger partial charge in [0.1, 0.15) is 5.82 Å². The van der Waals surface area contributed by atoms with Gasteiger partial charge in [-0.1, -0.05) is 20.3 Å². The van der Waals surface area contributed by atoms with Crippen LogP contribution in [-0.2, 0) is 10.0 Å². The maximum atomic E-state index is 12.7. The minimum atomic E-state index is -3.45. The molecule has 0 saturated carbocycles. The number of nitrogen functional groups attached to an aromatic ring is 1. The van der Waals surface area contributed by atoms with E-state index in [1.165, 1.54) is 4.31 Å². The van der Waals surface area contributed by atoms with Crippen LogP contribution in [0.5, 0.6) is 0 Å². The summed E-state index contributed by atoms with van der Waals surface area (Å²) in [6.45, 7) is 4.93. The maximum Gasteiger partial charge on any atom is 0.243 e. The van der Waals surface area contributed by atoms with Gasteiger partial charge in [-0.3, -0.25) is 0 Å². The van der Waals surface area contributed by atoms with E-state index in [0.29, 0.717) is 29.3 Å². The molecule has 2 rings (SSSR count). The SMILES string of the molecule is CCCCN(CC)S(=O)(=O)c1ccc2nc(N)ccc2c1. The Bertz CT molecular complexity index is 729. The van der Waals surface area contributed by atoms with Crippen molar-refractivity contribution in [1.82, 2.24) is 9.29 Å². The maximum absolute atomic E-state index is 12.7. The Morgan fingerprint density at radius 1 is 1.19 bits per heavy atom. The van der Waals surface area contributed by atoms with E-state index in [2.05, 4.69) is 4.98 Å². The molecule has 5 nitrogen and oxygen atoms in total. The molecule has 2 aromatic rings. The molecule has 0 aliphatic heterocycles. The molecule has 6 heteroatoms. The van der Waals surface area contributed by atoms with E-state index in [1.54, 1.807) is 30.3 Å². The van der Waals surface area contributed by atoms with Gasteiger partial charge in [-0.15, -0.1) is 0 Å². The molecule has 0 aliphatic carbocycles. The van der Waals surface area contributed by atoms with E-state index in [1.807, 2.05) is 13.8 Å². The zero-order valence-electron chi connectivity index (χ0n) is 12.4. The van der Waals surface area contributed by atoms with Crippen LogP contribution in [0, 0.1) is 0 Å². The summed E-state index contributed by atoms with van der Waals surface area (Å²) in [6.07, 6.45) is 1.83. The van der Waals surface area contributed by atoms with E-state index in [9.17, 15) is 8.42 Å². The van der Waals surface area contributed by atoms with Gasteiger partial charge >= 0.3 is 0 Å². The summed E-state index contributed by atoms with van der Waals surface area (Å²) in [4.78, 5) is 4.49. The van der Waals surface area contributed by atoms with Gasteiger partial charge in [-0.05, 0) is 36.8 Å². The number of sulfonamides is 1. The number of aromatic nitrogens is 1. The Kier molecular flexibility index (Phi) is 4.80. The molecule has 0 spiro atoms. The van der Waals surface area contributed by atoms with Gasteiger partial charge in [0.2, 0.25) is 10.0 Å². The van der Waals surface area contributed by atoms with Crippen molar-refractivity contribution in [3.63, 3.8) is 0 Å². The fourth-order valence-electron chi connectivity index (χ4n) is 2.21. The van der Waals surface area contributed by atoms with E-state index < -0.39 is 10.0 Å². The summed E-state index contributed by atoms with van der Waals surface area (Å²) in [5, 5.41) is 0.775. The first-order chi connectivity index (χ1) is 9.98. The third-order valence-corrected chi connectivity index (χ3v) is 5.40. The molecular formula is C15H21N3O2S. The van der Waals surface area contributed by atoms with Crippen LogP contribution in [0.2, 0.25) is 0 Å². The zero-order valence-corrected chi connectivity index (χ0v) is 13.2. The predicted octanol–water partition coefficient (Wildman–Crippen LogP) is 2.63. The third-order valence-electron chi connectivity index (χ3n) is 3.43. The largest absolute Gasteiger partial charge is 0.384 e. The molecule has 1 aromatic heterocycles. The topological polar surface area (TPSA) is 76.3 Å². The highest BCUT2D eigenvalue weighted by Crippen LogP contribution is 2.22. The fourth-order valence-corrected chi connectivity index (χ4v) is 3.74. The lowest BCUT2D eigenvalue weighted by Gasteiger charge is -2.20. The fraction of sp³-hybridized carbons (Fsp3) is 0.400. The van der Waals surface area contributed by atoms with Crippen LogP contribution in [-0.4, -0.2) is 30.8 Å². The van der Waals surface area contributed by atoms with Gasteiger partial charge in [0.05, 0.1) is 10.4 Å². The number of nitrogens with two attached hydrogens (primary N) is 1. The monoisotopic (exact) mass is 307 g/mol. The molecule has 2 N–H and O–H groups in total. The Hall–Kier alpha value is -1.66. The van der Waals surface area contributed by atoms with Crippen molar-refractivity contribution in [1.29, 1.82) is 0 Å². The number of rotatable bonds is 6. The van der Waals surface area contributed by atoms with Crippen molar-refractivity contribution in [3.8, 4) is 0 Å². The summed E-state index contributed by atoms with van der Waals surface area (Å²) < 4.78 is 26.8. The molecule has 0 amide bonds. The van der Waals surface area contributed by atoms with E-state index in [0.717, 1.165) is 18.2 Å². The first-order valence-corrected chi connectivity index (χ1v) is 8.59. The van der Waals surface area contributed by atoms with Crippen LogP contribution in [0.3, 0.4) is 0 Å². The second-order valence-electron chi connectivity index (χ2n) is 4.94. The quantitative estimate of drug-likeness (QED) is 0.890. The molecular weight excluding hydrogens is 286 g/mol. The molecule has 21 heavy (non-hydrogen) atoms. The standard InChI is InChI=1S/C15H21N3O2S/c1-3-5-10-18(4-2)21(19,20)13-7-8-14-12(11-13)6-9-15(16)17-14/h6-9,11H,3-5,10H2,1-2H3,(H2,16,17). The van der Waals surface area contributed by atoms with Crippen LogP contribution in [0.1, 0.15) is 26.7 Å². The van der Waals surface area contributed by atoms with Crippen molar-refractivity contribution in [2.24, 2.45) is 0 Å². The van der Waals surface area contributed by atoms with Crippen molar-refractivity contribution in [2.45, 2.75) is 31.6 Å². The molecule has 0 radical (unpaired) electrons. The highest BCUT2D eigenvalue weighted by Gasteiger charge is 2.22. The molecule has 114 valence electrons. The van der Waals surface area contributed by atoms with Crippen molar-refractivity contribution >= 4 is 26.7 Å². The Balaban J connectivity index is 2.41. The lowest BCUT2D eigenvalue weighted by molar-refractivity contribution is 0.419. The summed E-state index contributed by atoms with van der Waals surface area (Å²) in [5.41, 5.74) is 6.33. The molecule has 0 fully saturated rings. The highest BCUT2D eigenvalue weighted by atomic mass is 32.2. The number of hydrogen-bond acceptors (Lipinski definition) is 4. The van der Waals surface area contributed by atoms with Gasteiger partial charge < -0.3 is 5.73 Å². The molecule has 1 heterocycles. The van der Waals surface area contributed by atoms with Gasteiger partial charge in [0, 0.05) is 18.5 Å². The number of anilines is 1. The average molecular weight is 307 g/mol. The normalized spacial score (nSPS) is 12.1. The first-order valence-electron chi connectivity index (χ1n) is 7.15. The van der Waals surface area contributed by atoms with Crippen LogP contribution in [0.15, 0.2) is 35.2 Å². The van der Waals surface area contributed by atoms with Crippen LogP contribution in [0.4, 0.5) is 5.82 Å². The molecule has 1 aromatic carbocycles. The number of benzene rings is 1. The molecule has 0 bridgehead atoms. The Morgan fingerprint density at radius 2 is 1.95 bits per heavy atom. The first kappa shape index (κ1) is 15.7. The number of fused-ring (bicyclic) bond motifs is 1. The van der Waals surface area contributed by atoms with Crippen LogP contribution < -0.4 is 5.73 Å². The molecule has 0 unspecified atom stereocenters. The van der Waals surface area contributed by atoms with Crippen molar-refractivity contribution in [2.75, 3.05) is 18.8 Å². The van der Waals surface area contributed by atoms with Crippen molar-refractivity contribution < 1.29 is 8.42 Å². The average Bonchev–Trinajstić information content (AvgIpc) is 2.47. The number of unbranched alkanes of at least 4 members (excludes halogenated alkanes) is 1. The number of pyridine rings is 1. The van der Waals surface area contributed by atoms with Crippen molar-refractivity contribution in [3.05, 3.63) is 30.3 Å². The van der Waals surface area contributed by atoms with Gasteiger partial charge in [-0.25, -0.2) is 13.4 Å². The second kappa shape index (κ2) is 6.41. The lowest BCUT2D eigenvalue weighted by Crippen LogP contribution is -2.31. The van der Waals surface area contributed by atoms with Crippen LogP contribution >= 0.6 is 0 Å². The van der Waals surface area contributed by atoms with E-state index in [4.69, 9.17) is 5.73 Å². The second-order valence-corrected chi connectivity index (χ2v) is 6.88. The zero-order chi connectivity index (χ0) is 15.5. The molecule has 0 atom stereocenters. The third kappa shape index (κ3) is 3.33.